The molecule has 0 spiro atoms. The summed E-state index contributed by atoms with van der Waals surface area (Å²) in [5.74, 6) is 0. The Morgan fingerprint density at radius 3 is 2.76 bits per heavy atom. The molecule has 3 N–H and O–H groups in total. The summed E-state index contributed by atoms with van der Waals surface area (Å²) in [7, 11) is 0. The van der Waals surface area contributed by atoms with E-state index in [0.29, 0.717) is 6.61 Å². The van der Waals surface area contributed by atoms with Gasteiger partial charge in [-0.15, -0.1) is 0 Å². The third-order valence-electron chi connectivity index (χ3n) is 2.51. The van der Waals surface area contributed by atoms with Crippen molar-refractivity contribution in [3.8, 4) is 0 Å². The normalized spacial score (nSPS) is 29.8. The van der Waals surface area contributed by atoms with Gasteiger partial charge in [0.25, 0.3) is 0 Å². The lowest BCUT2D eigenvalue weighted by molar-refractivity contribution is -0.149. The van der Waals surface area contributed by atoms with E-state index in [9.17, 15) is 15.0 Å². The van der Waals surface area contributed by atoms with Crippen LogP contribution in [0.3, 0.4) is 0 Å². The van der Waals surface area contributed by atoms with Crippen molar-refractivity contribution in [2.45, 2.75) is 44.5 Å². The molecule has 100 valence electrons. The first-order valence-corrected chi connectivity index (χ1v) is 5.68. The average molecular weight is 247 g/mol. The molecule has 1 aliphatic rings. The number of carbonyl (C=O) groups excluding carboxylic acids is 1. The van der Waals surface area contributed by atoms with E-state index in [1.807, 2.05) is 0 Å². The lowest BCUT2D eigenvalue weighted by Crippen LogP contribution is -2.56. The van der Waals surface area contributed by atoms with E-state index in [4.69, 9.17) is 9.47 Å². The highest BCUT2D eigenvalue weighted by Crippen LogP contribution is 2.20. The SMILES string of the molecule is CC(C)(C)OC(=O)NC[C@]1(O)CCOC[C@H]1O. The maximum absolute atomic E-state index is 11.4. The fraction of sp³-hybridized carbons (Fsp3) is 0.909. The van der Waals surface area contributed by atoms with Gasteiger partial charge in [0, 0.05) is 13.0 Å². The van der Waals surface area contributed by atoms with Crippen molar-refractivity contribution in [2.75, 3.05) is 19.8 Å². The van der Waals surface area contributed by atoms with Crippen molar-refractivity contribution >= 4 is 6.09 Å². The fourth-order valence-corrected chi connectivity index (χ4v) is 1.51. The standard InChI is InChI=1S/C11H21NO5/c1-10(2,3)17-9(14)12-7-11(15)4-5-16-6-8(11)13/h8,13,15H,4-7H2,1-3H3,(H,12,14)/t8-,11-/m1/s1. The van der Waals surface area contributed by atoms with Crippen LogP contribution in [0.15, 0.2) is 0 Å². The van der Waals surface area contributed by atoms with Gasteiger partial charge in [-0.2, -0.15) is 0 Å². The van der Waals surface area contributed by atoms with Crippen LogP contribution in [0, 0.1) is 0 Å². The van der Waals surface area contributed by atoms with Crippen LogP contribution in [0.1, 0.15) is 27.2 Å². The molecule has 0 aliphatic carbocycles. The summed E-state index contributed by atoms with van der Waals surface area (Å²) in [5, 5.41) is 22.1. The predicted octanol–water partition coefficient (Wildman–Crippen LogP) is 0.0234. The highest BCUT2D eigenvalue weighted by atomic mass is 16.6. The zero-order valence-electron chi connectivity index (χ0n) is 10.5. The smallest absolute Gasteiger partial charge is 0.407 e. The van der Waals surface area contributed by atoms with Crippen molar-refractivity contribution < 1.29 is 24.5 Å². The van der Waals surface area contributed by atoms with Crippen LogP contribution >= 0.6 is 0 Å². The number of hydrogen-bond acceptors (Lipinski definition) is 5. The maximum atomic E-state index is 11.4. The second-order valence-electron chi connectivity index (χ2n) is 5.30. The minimum Gasteiger partial charge on any atom is -0.444 e. The summed E-state index contributed by atoms with van der Waals surface area (Å²) in [5.41, 5.74) is -1.92. The molecule has 0 aromatic rings. The molecule has 1 amide bonds. The van der Waals surface area contributed by atoms with E-state index in [1.165, 1.54) is 0 Å². The quantitative estimate of drug-likeness (QED) is 0.640. The minimum absolute atomic E-state index is 0.0492. The summed E-state index contributed by atoms with van der Waals surface area (Å²) in [6.07, 6.45) is -1.32. The van der Waals surface area contributed by atoms with Gasteiger partial charge in [-0.25, -0.2) is 4.79 Å². The van der Waals surface area contributed by atoms with E-state index in [1.54, 1.807) is 20.8 Å². The topological polar surface area (TPSA) is 88.0 Å². The summed E-state index contributed by atoms with van der Waals surface area (Å²) in [4.78, 5) is 11.4. The van der Waals surface area contributed by atoms with Crippen molar-refractivity contribution in [3.63, 3.8) is 0 Å². The monoisotopic (exact) mass is 247 g/mol. The van der Waals surface area contributed by atoms with Crippen LogP contribution in [-0.4, -0.2) is 53.4 Å². The van der Waals surface area contributed by atoms with E-state index in [2.05, 4.69) is 5.32 Å². The van der Waals surface area contributed by atoms with Gasteiger partial charge in [-0.1, -0.05) is 0 Å². The van der Waals surface area contributed by atoms with Gasteiger partial charge in [0.15, 0.2) is 0 Å². The second kappa shape index (κ2) is 5.20. The molecule has 0 aromatic heterocycles. The lowest BCUT2D eigenvalue weighted by atomic mass is 9.91. The molecule has 17 heavy (non-hydrogen) atoms. The van der Waals surface area contributed by atoms with Gasteiger partial charge in [-0.3, -0.25) is 0 Å². The van der Waals surface area contributed by atoms with Gasteiger partial charge in [0.2, 0.25) is 0 Å². The Hall–Kier alpha value is -0.850. The van der Waals surface area contributed by atoms with Gasteiger partial charge in [-0.05, 0) is 20.8 Å². The van der Waals surface area contributed by atoms with E-state index in [0.717, 1.165) is 0 Å². The first-order valence-electron chi connectivity index (χ1n) is 5.68. The van der Waals surface area contributed by atoms with E-state index < -0.39 is 23.4 Å². The molecule has 1 rings (SSSR count). The van der Waals surface area contributed by atoms with Crippen LogP contribution < -0.4 is 5.32 Å². The van der Waals surface area contributed by atoms with Crippen molar-refractivity contribution in [3.05, 3.63) is 0 Å². The number of ether oxygens (including phenoxy) is 2. The summed E-state index contributed by atoms with van der Waals surface area (Å²) >= 11 is 0. The molecule has 0 unspecified atom stereocenters. The largest absolute Gasteiger partial charge is 0.444 e. The Morgan fingerprint density at radius 1 is 1.59 bits per heavy atom. The van der Waals surface area contributed by atoms with Crippen LogP contribution in [0.25, 0.3) is 0 Å². The fourth-order valence-electron chi connectivity index (χ4n) is 1.51. The van der Waals surface area contributed by atoms with E-state index >= 15 is 0 Å². The first-order chi connectivity index (χ1) is 7.73. The zero-order chi connectivity index (χ0) is 13.1. The van der Waals surface area contributed by atoms with Crippen LogP contribution in [0.2, 0.25) is 0 Å². The Morgan fingerprint density at radius 2 is 2.24 bits per heavy atom. The number of rotatable bonds is 2. The molecule has 1 heterocycles. The lowest BCUT2D eigenvalue weighted by Gasteiger charge is -2.36. The van der Waals surface area contributed by atoms with Gasteiger partial charge >= 0.3 is 6.09 Å². The van der Waals surface area contributed by atoms with Crippen LogP contribution in [-0.2, 0) is 9.47 Å². The first kappa shape index (κ1) is 14.2. The Kier molecular flexibility index (Phi) is 4.35. The van der Waals surface area contributed by atoms with Crippen molar-refractivity contribution in [2.24, 2.45) is 0 Å². The number of aliphatic hydroxyl groups excluding tert-OH is 1. The molecule has 0 bridgehead atoms. The van der Waals surface area contributed by atoms with Crippen molar-refractivity contribution in [1.82, 2.24) is 5.32 Å². The van der Waals surface area contributed by atoms with Crippen LogP contribution in [0.4, 0.5) is 4.79 Å². The number of carbonyl (C=O) groups is 1. The molecule has 6 heteroatoms. The Labute approximate surface area is 101 Å². The zero-order valence-corrected chi connectivity index (χ0v) is 10.5. The highest BCUT2D eigenvalue weighted by molar-refractivity contribution is 5.67. The number of alkyl carbamates (subject to hydrolysis) is 1. The molecule has 1 saturated heterocycles. The molecular weight excluding hydrogens is 226 g/mol. The van der Waals surface area contributed by atoms with Crippen molar-refractivity contribution in [1.29, 1.82) is 0 Å². The summed E-state index contributed by atoms with van der Waals surface area (Å²) in [6.45, 7) is 5.66. The summed E-state index contributed by atoms with van der Waals surface area (Å²) < 4.78 is 10.0. The highest BCUT2D eigenvalue weighted by Gasteiger charge is 2.39. The number of amides is 1. The third-order valence-corrected chi connectivity index (χ3v) is 2.51. The molecule has 1 fully saturated rings. The average Bonchev–Trinajstić information content (AvgIpc) is 2.18. The van der Waals surface area contributed by atoms with Gasteiger partial charge in [0.1, 0.15) is 17.3 Å². The molecule has 0 radical (unpaired) electrons. The second-order valence-corrected chi connectivity index (χ2v) is 5.30. The molecular formula is C11H21NO5. The van der Waals surface area contributed by atoms with Gasteiger partial charge in [0.05, 0.1) is 13.2 Å². The Bertz CT molecular complexity index is 276. The minimum atomic E-state index is -1.34. The molecule has 0 aromatic carbocycles. The Balaban J connectivity index is 2.41. The predicted molar refractivity (Wildman–Crippen MR) is 60.6 cm³/mol. The number of hydrogen-bond donors (Lipinski definition) is 3. The van der Waals surface area contributed by atoms with E-state index in [-0.39, 0.29) is 19.6 Å². The third kappa shape index (κ3) is 4.49. The maximum Gasteiger partial charge on any atom is 0.407 e. The molecule has 2 atom stereocenters. The molecule has 1 aliphatic heterocycles. The van der Waals surface area contributed by atoms with Crippen LogP contribution in [0.5, 0.6) is 0 Å². The van der Waals surface area contributed by atoms with Gasteiger partial charge < -0.3 is 25.0 Å². The number of nitrogens with one attached hydrogen (secondary N) is 1. The number of aliphatic hydroxyl groups is 2. The molecule has 0 saturated carbocycles. The molecule has 6 nitrogen and oxygen atoms in total. The summed E-state index contributed by atoms with van der Waals surface area (Å²) in [6, 6.07) is 0.